The molecule has 0 aromatic heterocycles. The number of nitrogens with one attached hydrogen (secondary N) is 2. The van der Waals surface area contributed by atoms with Crippen LogP contribution in [-0.4, -0.2) is 79.9 Å². The Kier molecular flexibility index (Phi) is 11.5. The first-order valence-electron chi connectivity index (χ1n) is 19.6. The van der Waals surface area contributed by atoms with Gasteiger partial charge >= 0.3 is 13.2 Å². The number of alkyl carbamates (subject to hydrolysis) is 1. The second kappa shape index (κ2) is 16.3. The maximum Gasteiger partial charge on any atom is 0.481 e. The summed E-state index contributed by atoms with van der Waals surface area (Å²) in [6, 6.07) is 27.0. The van der Waals surface area contributed by atoms with Crippen molar-refractivity contribution in [1.82, 2.24) is 15.5 Å². The number of benzene rings is 3. The largest absolute Gasteiger partial charge is 0.481 e. The van der Waals surface area contributed by atoms with Crippen molar-refractivity contribution in [3.8, 4) is 0 Å². The Morgan fingerprint density at radius 2 is 1.56 bits per heavy atom. The molecule has 8 rings (SSSR count). The molecule has 2 aliphatic heterocycles. The van der Waals surface area contributed by atoms with E-state index in [1.165, 1.54) is 0 Å². The number of carbonyl (C=O) groups is 3. The molecule has 2 N–H and O–H groups in total. The fraction of sp³-hybridized carbons (Fsp3) is 0.512. The van der Waals surface area contributed by atoms with E-state index in [0.717, 1.165) is 29.5 Å². The minimum Gasteiger partial charge on any atom is -0.445 e. The van der Waals surface area contributed by atoms with Crippen LogP contribution in [-0.2, 0) is 35.0 Å². The van der Waals surface area contributed by atoms with Crippen LogP contribution in [0, 0.1) is 17.3 Å². The van der Waals surface area contributed by atoms with Gasteiger partial charge in [0.25, 0.3) is 0 Å². The minimum absolute atomic E-state index is 0.0213. The molecule has 2 heterocycles. The molecule has 11 heteroatoms. The minimum atomic E-state index is -1.05. The third kappa shape index (κ3) is 7.68. The molecule has 10 nitrogen and oxygen atoms in total. The molecule has 0 radical (unpaired) electrons. The average Bonchev–Trinajstić information content (AvgIpc) is 3.82. The van der Waals surface area contributed by atoms with Gasteiger partial charge in [0.05, 0.1) is 17.6 Å². The summed E-state index contributed by atoms with van der Waals surface area (Å²) in [5, 5.41) is 6.23. The van der Waals surface area contributed by atoms with Crippen molar-refractivity contribution < 1.29 is 33.2 Å². The Hall–Kier alpha value is -4.19. The van der Waals surface area contributed by atoms with Gasteiger partial charge in [-0.1, -0.05) is 105 Å². The Labute approximate surface area is 319 Å². The quantitative estimate of drug-likeness (QED) is 0.148. The fourth-order valence-electron chi connectivity index (χ4n) is 9.63. The van der Waals surface area contributed by atoms with Crippen molar-refractivity contribution in [2.24, 2.45) is 17.3 Å². The lowest BCUT2D eigenvalue weighted by Gasteiger charge is -2.64. The molecule has 3 saturated carbocycles. The van der Waals surface area contributed by atoms with Crippen molar-refractivity contribution in [3.05, 3.63) is 108 Å². The molecule has 3 aliphatic carbocycles. The summed E-state index contributed by atoms with van der Waals surface area (Å²) in [6.07, 6.45) is 3.82. The van der Waals surface area contributed by atoms with Crippen LogP contribution in [0.2, 0.25) is 0 Å². The molecular formula is C43H54BN3O7. The van der Waals surface area contributed by atoms with Gasteiger partial charge in [-0.05, 0) is 79.4 Å². The number of amides is 3. The van der Waals surface area contributed by atoms with Crippen molar-refractivity contribution >= 4 is 25.0 Å². The molecule has 3 amide bonds. The van der Waals surface area contributed by atoms with Gasteiger partial charge < -0.3 is 34.3 Å². The van der Waals surface area contributed by atoms with E-state index in [2.05, 4.69) is 31.4 Å². The lowest BCUT2D eigenvalue weighted by Crippen LogP contribution is -2.65. The van der Waals surface area contributed by atoms with E-state index in [-0.39, 0.29) is 29.9 Å². The number of ether oxygens (including phenoxy) is 2. The lowest BCUT2D eigenvalue weighted by molar-refractivity contribution is -0.199. The van der Waals surface area contributed by atoms with Gasteiger partial charge in [-0.2, -0.15) is 0 Å². The van der Waals surface area contributed by atoms with Crippen LogP contribution in [0.4, 0.5) is 4.79 Å². The van der Waals surface area contributed by atoms with Gasteiger partial charge in [-0.3, -0.25) is 9.59 Å². The molecule has 0 spiro atoms. The molecule has 286 valence electrons. The standard InChI is InChI=1S/C43H54BN3O7/c1-42(2)32-26-34(42)43(3)35(27-32)53-44(54-43)36(23-15-25-51-4)45-39(48)33-22-14-24-47(33)40(49)38(46-41(50)52-28-29-16-8-5-9-17-29)37(30-18-10-6-11-19-30)31-20-12-7-13-21-31/h5-13,16-21,32-38H,14-15,22-28H2,1-4H3,(H,45,48)(H,46,50)/t32-,33-,34-,35+,36+,38+,43-/m0/s1. The Balaban J connectivity index is 1.12. The van der Waals surface area contributed by atoms with Gasteiger partial charge in [0.15, 0.2) is 0 Å². The third-order valence-corrected chi connectivity index (χ3v) is 12.7. The van der Waals surface area contributed by atoms with Crippen LogP contribution >= 0.6 is 0 Å². The SMILES string of the molecule is COCCC[C@@H](NC(=O)[C@@H]1CCCN1C(=O)[C@H](NC(=O)OCc1ccccc1)C(c1ccccc1)c1ccccc1)B1O[C@@H]2C[C@@H]3C[C@@H](C3(C)C)[C@]2(C)O1. The number of carbonyl (C=O) groups excluding carboxylic acids is 3. The molecule has 54 heavy (non-hydrogen) atoms. The summed E-state index contributed by atoms with van der Waals surface area (Å²) in [4.78, 5) is 44.5. The van der Waals surface area contributed by atoms with E-state index in [1.807, 2.05) is 91.0 Å². The van der Waals surface area contributed by atoms with Gasteiger partial charge in [0.2, 0.25) is 11.8 Å². The third-order valence-electron chi connectivity index (χ3n) is 12.7. The topological polar surface area (TPSA) is 115 Å². The fourth-order valence-corrected chi connectivity index (χ4v) is 9.63. The highest BCUT2D eigenvalue weighted by Gasteiger charge is 2.68. The van der Waals surface area contributed by atoms with E-state index in [4.69, 9.17) is 18.8 Å². The predicted molar refractivity (Wildman–Crippen MR) is 206 cm³/mol. The summed E-state index contributed by atoms with van der Waals surface area (Å²) in [7, 11) is 1.07. The van der Waals surface area contributed by atoms with Gasteiger partial charge in [0.1, 0.15) is 18.7 Å². The molecule has 3 aromatic rings. The summed E-state index contributed by atoms with van der Waals surface area (Å²) >= 11 is 0. The lowest BCUT2D eigenvalue weighted by atomic mass is 9.43. The molecule has 5 aliphatic rings. The van der Waals surface area contributed by atoms with Crippen LogP contribution in [0.15, 0.2) is 91.0 Å². The van der Waals surface area contributed by atoms with Gasteiger partial charge in [-0.25, -0.2) is 4.79 Å². The normalized spacial score (nSPS) is 26.4. The molecule has 3 aromatic carbocycles. The molecule has 5 fully saturated rings. The predicted octanol–water partition coefficient (Wildman–Crippen LogP) is 6.28. The van der Waals surface area contributed by atoms with Crippen LogP contribution in [0.5, 0.6) is 0 Å². The monoisotopic (exact) mass is 735 g/mol. The van der Waals surface area contributed by atoms with Crippen LogP contribution in [0.3, 0.4) is 0 Å². The first-order chi connectivity index (χ1) is 26.1. The highest BCUT2D eigenvalue weighted by molar-refractivity contribution is 6.48. The van der Waals surface area contributed by atoms with E-state index < -0.39 is 42.8 Å². The smallest absolute Gasteiger partial charge is 0.445 e. The Bertz CT molecular complexity index is 1710. The maximum absolute atomic E-state index is 14.9. The van der Waals surface area contributed by atoms with Crippen molar-refractivity contribution in [3.63, 3.8) is 0 Å². The molecule has 7 atom stereocenters. The zero-order valence-corrected chi connectivity index (χ0v) is 31.9. The van der Waals surface area contributed by atoms with Gasteiger partial charge in [0, 0.05) is 26.2 Å². The zero-order chi connectivity index (χ0) is 37.9. The van der Waals surface area contributed by atoms with Crippen LogP contribution < -0.4 is 10.6 Å². The van der Waals surface area contributed by atoms with E-state index in [1.54, 1.807) is 12.0 Å². The molecule has 0 unspecified atom stereocenters. The van der Waals surface area contributed by atoms with Crippen LogP contribution in [0.25, 0.3) is 0 Å². The highest BCUT2D eigenvalue weighted by Crippen LogP contribution is 2.65. The number of hydrogen-bond donors (Lipinski definition) is 2. The first kappa shape index (κ1) is 38.1. The van der Waals surface area contributed by atoms with Gasteiger partial charge in [-0.15, -0.1) is 0 Å². The number of rotatable bonds is 14. The Morgan fingerprint density at radius 1 is 0.907 bits per heavy atom. The van der Waals surface area contributed by atoms with E-state index >= 15 is 0 Å². The number of likely N-dealkylation sites (tertiary alicyclic amines) is 1. The summed E-state index contributed by atoms with van der Waals surface area (Å²) in [6.45, 7) is 7.82. The second-order valence-corrected chi connectivity index (χ2v) is 16.3. The highest BCUT2D eigenvalue weighted by atomic mass is 16.7. The van der Waals surface area contributed by atoms with Crippen LogP contribution in [0.1, 0.15) is 81.9 Å². The molecular weight excluding hydrogens is 681 g/mol. The van der Waals surface area contributed by atoms with Crippen molar-refractivity contribution in [1.29, 1.82) is 0 Å². The summed E-state index contributed by atoms with van der Waals surface area (Å²) < 4.78 is 24.5. The van der Waals surface area contributed by atoms with E-state index in [0.29, 0.717) is 50.7 Å². The number of methoxy groups -OCH3 is 1. The average molecular weight is 736 g/mol. The number of nitrogens with zero attached hydrogens (tertiary/aromatic N) is 1. The van der Waals surface area contributed by atoms with Crippen molar-refractivity contribution in [2.45, 2.75) is 102 Å². The molecule has 2 bridgehead atoms. The maximum atomic E-state index is 14.9. The number of hydrogen-bond acceptors (Lipinski definition) is 7. The van der Waals surface area contributed by atoms with Crippen molar-refractivity contribution in [2.75, 3.05) is 20.3 Å². The molecule has 2 saturated heterocycles. The second-order valence-electron chi connectivity index (χ2n) is 16.3. The zero-order valence-electron chi connectivity index (χ0n) is 31.9. The van der Waals surface area contributed by atoms with E-state index in [9.17, 15) is 14.4 Å². The first-order valence-corrected chi connectivity index (χ1v) is 19.6. The summed E-state index contributed by atoms with van der Waals surface area (Å²) in [5.74, 6) is -0.557. The summed E-state index contributed by atoms with van der Waals surface area (Å²) in [5.41, 5.74) is 2.32. The Morgan fingerprint density at radius 3 is 2.19 bits per heavy atom.